The third-order valence-electron chi connectivity index (χ3n) is 9.49. The zero-order valence-electron chi connectivity index (χ0n) is 26.3. The van der Waals surface area contributed by atoms with Gasteiger partial charge in [-0.1, -0.05) is 133 Å². The maximum atomic E-state index is 5.23. The lowest BCUT2D eigenvalue weighted by atomic mass is 9.88. The summed E-state index contributed by atoms with van der Waals surface area (Å²) in [6, 6.07) is 58.0. The van der Waals surface area contributed by atoms with Crippen molar-refractivity contribution in [2.45, 2.75) is 0 Å². The fraction of sp³-hybridized carbons (Fsp3) is 0. The highest BCUT2D eigenvalue weighted by atomic mass is 32.1. The summed E-state index contributed by atoms with van der Waals surface area (Å²) in [4.78, 5) is 15.5. The van der Waals surface area contributed by atoms with E-state index in [-0.39, 0.29) is 0 Å². The molecule has 0 aliphatic carbocycles. The maximum absolute atomic E-state index is 5.23. The first-order valence-electron chi connectivity index (χ1n) is 16.4. The molecule has 0 fully saturated rings. The van der Waals surface area contributed by atoms with Gasteiger partial charge in [0.15, 0.2) is 17.5 Å². The molecule has 4 heteroatoms. The lowest BCUT2D eigenvalue weighted by Crippen LogP contribution is -2.01. The molecule has 3 nitrogen and oxygen atoms in total. The largest absolute Gasteiger partial charge is 0.208 e. The fourth-order valence-corrected chi connectivity index (χ4v) is 8.30. The van der Waals surface area contributed by atoms with Crippen LogP contribution in [0.4, 0.5) is 0 Å². The van der Waals surface area contributed by atoms with E-state index in [1.807, 2.05) is 47.7 Å². The second-order valence-corrected chi connectivity index (χ2v) is 13.5. The average Bonchev–Trinajstić information content (AvgIpc) is 3.56. The third kappa shape index (κ3) is 4.61. The van der Waals surface area contributed by atoms with Crippen molar-refractivity contribution in [2.75, 3.05) is 0 Å². The molecule has 2 heterocycles. The van der Waals surface area contributed by atoms with Gasteiger partial charge >= 0.3 is 0 Å². The second-order valence-electron chi connectivity index (χ2n) is 12.4. The number of benzene rings is 8. The van der Waals surface area contributed by atoms with E-state index in [1.165, 1.54) is 47.1 Å². The van der Waals surface area contributed by atoms with Crippen LogP contribution in [0.25, 0.3) is 97.8 Å². The van der Waals surface area contributed by atoms with Crippen molar-refractivity contribution in [3.63, 3.8) is 0 Å². The predicted molar refractivity (Wildman–Crippen MR) is 207 cm³/mol. The highest BCUT2D eigenvalue weighted by Crippen LogP contribution is 2.44. The first kappa shape index (κ1) is 27.8. The summed E-state index contributed by atoms with van der Waals surface area (Å²) in [5, 5.41) is 9.73. The van der Waals surface area contributed by atoms with Gasteiger partial charge in [-0.15, -0.1) is 11.3 Å². The van der Waals surface area contributed by atoms with Crippen LogP contribution in [0.3, 0.4) is 0 Å². The molecule has 2 aromatic heterocycles. The van der Waals surface area contributed by atoms with Crippen molar-refractivity contribution in [3.05, 3.63) is 164 Å². The number of rotatable bonds is 4. The van der Waals surface area contributed by atoms with Gasteiger partial charge in [0.25, 0.3) is 0 Å². The summed E-state index contributed by atoms with van der Waals surface area (Å²) >= 11 is 1.84. The van der Waals surface area contributed by atoms with E-state index in [1.54, 1.807) is 0 Å². The molecule has 0 amide bonds. The molecule has 10 aromatic rings. The topological polar surface area (TPSA) is 38.7 Å². The number of hydrogen-bond donors (Lipinski definition) is 0. The molecule has 49 heavy (non-hydrogen) atoms. The fourth-order valence-electron chi connectivity index (χ4n) is 7.21. The standard InChI is InChI=1S/C45H27N3S/c1-3-13-28(14-4-1)43-46-44(29-15-5-2-6-16-29)48-45(47-43)39-27-31(30-23-24-41-37(25-30)35-20-11-12-22-40(35)49-41)26-38-34-19-8-7-17-32(34)33-18-9-10-21-36(33)42(38)39/h1-27H. The van der Waals surface area contributed by atoms with Crippen LogP contribution in [0.5, 0.6) is 0 Å². The summed E-state index contributed by atoms with van der Waals surface area (Å²) in [6.07, 6.45) is 0. The van der Waals surface area contributed by atoms with Gasteiger partial charge in [0, 0.05) is 42.2 Å². The Morgan fingerprint density at radius 2 is 0.796 bits per heavy atom. The van der Waals surface area contributed by atoms with Crippen LogP contribution in [0.2, 0.25) is 0 Å². The van der Waals surface area contributed by atoms with Gasteiger partial charge < -0.3 is 0 Å². The SMILES string of the molecule is c1ccc(-c2nc(-c3ccccc3)nc(-c3cc(-c4ccc5sc6ccccc6c5c4)cc4c5ccccc5c5ccccc5c34)n2)cc1. The van der Waals surface area contributed by atoms with Gasteiger partial charge in [-0.2, -0.15) is 0 Å². The van der Waals surface area contributed by atoms with E-state index in [9.17, 15) is 0 Å². The molecule has 0 aliphatic rings. The zero-order valence-corrected chi connectivity index (χ0v) is 27.2. The normalized spacial score (nSPS) is 11.7. The van der Waals surface area contributed by atoms with Crippen LogP contribution in [0, 0.1) is 0 Å². The van der Waals surface area contributed by atoms with Crippen molar-refractivity contribution in [2.24, 2.45) is 0 Å². The molecule has 0 saturated carbocycles. The summed E-state index contributed by atoms with van der Waals surface area (Å²) in [7, 11) is 0. The van der Waals surface area contributed by atoms with Crippen molar-refractivity contribution < 1.29 is 0 Å². The summed E-state index contributed by atoms with van der Waals surface area (Å²) in [5.41, 5.74) is 5.18. The average molecular weight is 642 g/mol. The van der Waals surface area contributed by atoms with E-state index in [4.69, 9.17) is 15.0 Å². The van der Waals surface area contributed by atoms with Crippen LogP contribution < -0.4 is 0 Å². The minimum absolute atomic E-state index is 0.652. The van der Waals surface area contributed by atoms with Crippen LogP contribution in [0.1, 0.15) is 0 Å². The molecule has 0 aliphatic heterocycles. The Morgan fingerprint density at radius 3 is 1.47 bits per heavy atom. The van der Waals surface area contributed by atoms with E-state index in [2.05, 4.69) is 127 Å². The molecule has 0 saturated heterocycles. The minimum Gasteiger partial charge on any atom is -0.208 e. The van der Waals surface area contributed by atoms with Crippen LogP contribution in [-0.4, -0.2) is 15.0 Å². The number of hydrogen-bond acceptors (Lipinski definition) is 4. The minimum atomic E-state index is 0.652. The van der Waals surface area contributed by atoms with Gasteiger partial charge in [-0.3, -0.25) is 0 Å². The van der Waals surface area contributed by atoms with Gasteiger partial charge in [0.1, 0.15) is 0 Å². The Labute approximate surface area is 286 Å². The third-order valence-corrected chi connectivity index (χ3v) is 10.6. The lowest BCUT2D eigenvalue weighted by Gasteiger charge is -2.17. The van der Waals surface area contributed by atoms with Gasteiger partial charge in [-0.05, 0) is 68.4 Å². The zero-order chi connectivity index (χ0) is 32.3. The molecule has 228 valence electrons. The van der Waals surface area contributed by atoms with Crippen LogP contribution >= 0.6 is 11.3 Å². The van der Waals surface area contributed by atoms with Gasteiger partial charge in [0.05, 0.1) is 0 Å². The van der Waals surface area contributed by atoms with Crippen molar-refractivity contribution >= 4 is 63.8 Å². The second kappa shape index (κ2) is 11.2. The highest BCUT2D eigenvalue weighted by molar-refractivity contribution is 7.25. The number of fused-ring (bicyclic) bond motifs is 9. The van der Waals surface area contributed by atoms with Gasteiger partial charge in [-0.25, -0.2) is 15.0 Å². The molecule has 8 aromatic carbocycles. The Kier molecular flexibility index (Phi) is 6.36. The number of aromatic nitrogens is 3. The smallest absolute Gasteiger partial charge is 0.164 e. The maximum Gasteiger partial charge on any atom is 0.164 e. The monoisotopic (exact) mass is 641 g/mol. The van der Waals surface area contributed by atoms with Crippen LogP contribution in [-0.2, 0) is 0 Å². The molecule has 0 bridgehead atoms. The summed E-state index contributed by atoms with van der Waals surface area (Å²) in [5.74, 6) is 1.96. The van der Waals surface area contributed by atoms with E-state index < -0.39 is 0 Å². The molecule has 0 N–H and O–H groups in total. The predicted octanol–water partition coefficient (Wildman–Crippen LogP) is 12.4. The molecular weight excluding hydrogens is 615 g/mol. The molecule has 0 radical (unpaired) electrons. The first-order chi connectivity index (χ1) is 24.3. The summed E-state index contributed by atoms with van der Waals surface area (Å²) in [6.45, 7) is 0. The molecule has 0 atom stereocenters. The highest BCUT2D eigenvalue weighted by Gasteiger charge is 2.20. The van der Waals surface area contributed by atoms with Crippen LogP contribution in [0.15, 0.2) is 164 Å². The van der Waals surface area contributed by atoms with Crippen molar-refractivity contribution in [3.8, 4) is 45.3 Å². The van der Waals surface area contributed by atoms with E-state index in [0.717, 1.165) is 33.2 Å². The molecule has 10 rings (SSSR count). The summed E-state index contributed by atoms with van der Waals surface area (Å²) < 4.78 is 2.60. The van der Waals surface area contributed by atoms with E-state index >= 15 is 0 Å². The lowest BCUT2D eigenvalue weighted by molar-refractivity contribution is 1.08. The quantitative estimate of drug-likeness (QED) is 0.180. The number of thiophene rings is 1. The van der Waals surface area contributed by atoms with Crippen molar-refractivity contribution in [1.82, 2.24) is 15.0 Å². The van der Waals surface area contributed by atoms with E-state index in [0.29, 0.717) is 17.5 Å². The molecular formula is C45H27N3S. The Balaban J connectivity index is 1.34. The Morgan fingerprint density at radius 1 is 0.306 bits per heavy atom. The Bertz CT molecular complexity index is 2820. The molecule has 0 unspecified atom stereocenters. The number of nitrogens with zero attached hydrogens (tertiary/aromatic N) is 3. The van der Waals surface area contributed by atoms with Gasteiger partial charge in [0.2, 0.25) is 0 Å². The molecule has 0 spiro atoms. The van der Waals surface area contributed by atoms with Crippen molar-refractivity contribution in [1.29, 1.82) is 0 Å². The first-order valence-corrected chi connectivity index (χ1v) is 17.3. The Hall–Kier alpha value is -6.23.